The lowest BCUT2D eigenvalue weighted by Gasteiger charge is -2.48. The molecule has 0 bridgehead atoms. The molecular formula is C27H32ClN5O3. The van der Waals surface area contributed by atoms with Crippen molar-refractivity contribution >= 4 is 29.1 Å². The molecule has 8 nitrogen and oxygen atoms in total. The normalized spacial score (nSPS) is 21.6. The number of hydrogen-bond acceptors (Lipinski definition) is 5. The van der Waals surface area contributed by atoms with E-state index >= 15 is 0 Å². The van der Waals surface area contributed by atoms with Crippen molar-refractivity contribution in [2.75, 3.05) is 19.6 Å². The molecule has 2 amide bonds. The molecule has 5 rings (SSSR count). The van der Waals surface area contributed by atoms with Gasteiger partial charge in [0.05, 0.1) is 23.5 Å². The molecule has 1 saturated carbocycles. The summed E-state index contributed by atoms with van der Waals surface area (Å²) in [5, 5.41) is 15.0. The zero-order valence-electron chi connectivity index (χ0n) is 21.1. The van der Waals surface area contributed by atoms with Crippen molar-refractivity contribution in [3.8, 4) is 11.3 Å². The highest BCUT2D eigenvalue weighted by molar-refractivity contribution is 6.30. The third-order valence-corrected chi connectivity index (χ3v) is 7.61. The fourth-order valence-corrected chi connectivity index (χ4v) is 5.32. The molecule has 9 heteroatoms. The Morgan fingerprint density at radius 2 is 1.83 bits per heavy atom. The second kappa shape index (κ2) is 9.16. The number of piperazine rings is 1. The van der Waals surface area contributed by atoms with Crippen LogP contribution in [0.25, 0.3) is 16.9 Å². The van der Waals surface area contributed by atoms with Crippen molar-refractivity contribution < 1.29 is 14.7 Å². The largest absolute Gasteiger partial charge is 0.393 e. The van der Waals surface area contributed by atoms with Gasteiger partial charge in [-0.05, 0) is 50.8 Å². The molecule has 1 N–H and O–H groups in total. The molecule has 1 aromatic carbocycles. The Morgan fingerprint density at radius 3 is 2.44 bits per heavy atom. The summed E-state index contributed by atoms with van der Waals surface area (Å²) in [7, 11) is 0. The molecule has 0 radical (unpaired) electrons. The number of fused-ring (bicyclic) bond motifs is 1. The minimum absolute atomic E-state index is 0.0775. The molecule has 2 aromatic heterocycles. The number of rotatable bonds is 4. The van der Waals surface area contributed by atoms with Gasteiger partial charge in [-0.2, -0.15) is 5.10 Å². The number of nitrogens with zero attached hydrogens (tertiary/aromatic N) is 5. The number of imidazole rings is 1. The highest BCUT2D eigenvalue weighted by Crippen LogP contribution is 2.32. The fraction of sp³-hybridized carbons (Fsp3) is 0.481. The van der Waals surface area contributed by atoms with Crippen molar-refractivity contribution in [3.63, 3.8) is 0 Å². The molecule has 0 atom stereocenters. The van der Waals surface area contributed by atoms with E-state index in [1.54, 1.807) is 10.7 Å². The highest BCUT2D eigenvalue weighted by Gasteiger charge is 2.43. The van der Waals surface area contributed by atoms with Crippen LogP contribution in [0.4, 0.5) is 0 Å². The van der Waals surface area contributed by atoms with Crippen molar-refractivity contribution in [2.45, 2.75) is 58.1 Å². The Balaban J connectivity index is 1.42. The number of aromatic nitrogens is 3. The van der Waals surface area contributed by atoms with Crippen LogP contribution in [0, 0.1) is 5.92 Å². The van der Waals surface area contributed by atoms with E-state index in [0.29, 0.717) is 48.8 Å². The van der Waals surface area contributed by atoms with Gasteiger partial charge < -0.3 is 14.9 Å². The van der Waals surface area contributed by atoms with Gasteiger partial charge in [-0.15, -0.1) is 0 Å². The number of benzene rings is 1. The first-order chi connectivity index (χ1) is 17.0. The average Bonchev–Trinajstić information content (AvgIpc) is 3.24. The van der Waals surface area contributed by atoms with E-state index in [0.717, 1.165) is 16.8 Å². The van der Waals surface area contributed by atoms with Gasteiger partial charge in [0, 0.05) is 41.7 Å². The Bertz CT molecular complexity index is 1310. The van der Waals surface area contributed by atoms with Crippen LogP contribution in [0.1, 0.15) is 62.5 Å². The van der Waals surface area contributed by atoms with Crippen LogP contribution in [-0.4, -0.2) is 72.6 Å². The summed E-state index contributed by atoms with van der Waals surface area (Å²) in [6.45, 7) is 9.51. The first-order valence-electron chi connectivity index (χ1n) is 12.5. The Hall–Kier alpha value is -2.97. The maximum Gasteiger partial charge on any atom is 0.274 e. The SMILES string of the molecule is CC(C)c1cc(-c2ccc(Cl)cc2)nn2cc(C(=O)N3CCN(C(=O)C4CC(O)C4)CC3(C)C)nc12. The standard InChI is InChI=1S/C27H32ClN5O3/c1-16(2)21-13-22(17-5-7-19(28)8-6-17)30-33-14-23(29-24(21)33)26(36)32-10-9-31(15-27(32,3)4)25(35)18-11-20(34)12-18/h5-8,13-14,16,18,20,34H,9-12,15H2,1-4H3. The average molecular weight is 510 g/mol. The van der Waals surface area contributed by atoms with Crippen molar-refractivity contribution in [1.82, 2.24) is 24.4 Å². The van der Waals surface area contributed by atoms with E-state index in [4.69, 9.17) is 21.7 Å². The molecule has 1 aliphatic heterocycles. The fourth-order valence-electron chi connectivity index (χ4n) is 5.20. The molecule has 36 heavy (non-hydrogen) atoms. The van der Waals surface area contributed by atoms with Gasteiger partial charge in [0.25, 0.3) is 5.91 Å². The highest BCUT2D eigenvalue weighted by atomic mass is 35.5. The van der Waals surface area contributed by atoms with Gasteiger partial charge in [-0.1, -0.05) is 37.6 Å². The summed E-state index contributed by atoms with van der Waals surface area (Å²) < 4.78 is 1.70. The summed E-state index contributed by atoms with van der Waals surface area (Å²) in [6, 6.07) is 9.55. The predicted molar refractivity (Wildman–Crippen MR) is 138 cm³/mol. The topological polar surface area (TPSA) is 91.0 Å². The first-order valence-corrected chi connectivity index (χ1v) is 12.9. The molecule has 2 aliphatic rings. The van der Waals surface area contributed by atoms with Crippen LogP contribution < -0.4 is 0 Å². The van der Waals surface area contributed by atoms with E-state index in [1.807, 2.05) is 54.0 Å². The summed E-state index contributed by atoms with van der Waals surface area (Å²) in [4.78, 5) is 34.8. The zero-order chi connectivity index (χ0) is 25.8. The third-order valence-electron chi connectivity index (χ3n) is 7.36. The van der Waals surface area contributed by atoms with Crippen molar-refractivity contribution in [2.24, 2.45) is 5.92 Å². The van der Waals surface area contributed by atoms with Crippen LogP contribution in [0.2, 0.25) is 5.02 Å². The second-order valence-corrected chi connectivity index (χ2v) is 11.3. The number of amides is 2. The lowest BCUT2D eigenvalue weighted by molar-refractivity contribution is -0.146. The Morgan fingerprint density at radius 1 is 1.14 bits per heavy atom. The summed E-state index contributed by atoms with van der Waals surface area (Å²) >= 11 is 6.06. The van der Waals surface area contributed by atoms with E-state index in [-0.39, 0.29) is 29.8 Å². The molecule has 1 aliphatic carbocycles. The lowest BCUT2D eigenvalue weighted by atomic mass is 9.81. The van der Waals surface area contributed by atoms with E-state index in [1.165, 1.54) is 0 Å². The molecule has 1 saturated heterocycles. The number of aliphatic hydroxyl groups is 1. The quantitative estimate of drug-likeness (QED) is 0.574. The number of carbonyl (C=O) groups is 2. The second-order valence-electron chi connectivity index (χ2n) is 10.9. The van der Waals surface area contributed by atoms with Gasteiger partial charge in [0.2, 0.25) is 5.91 Å². The maximum atomic E-state index is 13.7. The maximum absolute atomic E-state index is 13.7. The summed E-state index contributed by atoms with van der Waals surface area (Å²) in [5.74, 6) is -0.0112. The van der Waals surface area contributed by atoms with Crippen LogP contribution in [0.3, 0.4) is 0 Å². The number of aliphatic hydroxyl groups excluding tert-OH is 1. The summed E-state index contributed by atoms with van der Waals surface area (Å²) in [6.07, 6.45) is 2.40. The van der Waals surface area contributed by atoms with Crippen LogP contribution in [-0.2, 0) is 4.79 Å². The lowest BCUT2D eigenvalue weighted by Crippen LogP contribution is -2.63. The van der Waals surface area contributed by atoms with E-state index in [9.17, 15) is 14.7 Å². The van der Waals surface area contributed by atoms with Gasteiger partial charge in [0.1, 0.15) is 5.69 Å². The molecule has 190 valence electrons. The number of hydrogen-bond donors (Lipinski definition) is 1. The zero-order valence-corrected chi connectivity index (χ0v) is 21.9. The van der Waals surface area contributed by atoms with E-state index < -0.39 is 5.54 Å². The Labute approximate surface area is 215 Å². The Kier molecular flexibility index (Phi) is 6.29. The summed E-state index contributed by atoms with van der Waals surface area (Å²) in [5.41, 5.74) is 3.19. The monoisotopic (exact) mass is 509 g/mol. The molecule has 0 unspecified atom stereocenters. The molecule has 2 fully saturated rings. The van der Waals surface area contributed by atoms with Crippen LogP contribution >= 0.6 is 11.6 Å². The van der Waals surface area contributed by atoms with Gasteiger partial charge in [-0.25, -0.2) is 9.50 Å². The van der Waals surface area contributed by atoms with E-state index in [2.05, 4.69) is 13.8 Å². The molecule has 3 heterocycles. The smallest absolute Gasteiger partial charge is 0.274 e. The predicted octanol–water partition coefficient (Wildman–Crippen LogP) is 4.01. The minimum atomic E-state index is -0.550. The van der Waals surface area contributed by atoms with Crippen LogP contribution in [0.15, 0.2) is 36.5 Å². The molecule has 0 spiro atoms. The first kappa shape index (κ1) is 24.7. The van der Waals surface area contributed by atoms with Crippen molar-refractivity contribution in [3.05, 3.63) is 52.8 Å². The molecule has 3 aromatic rings. The number of halogens is 1. The van der Waals surface area contributed by atoms with Crippen molar-refractivity contribution in [1.29, 1.82) is 0 Å². The minimum Gasteiger partial charge on any atom is -0.393 e. The molecular weight excluding hydrogens is 478 g/mol. The van der Waals surface area contributed by atoms with Crippen LogP contribution in [0.5, 0.6) is 0 Å². The van der Waals surface area contributed by atoms with Gasteiger partial charge in [-0.3, -0.25) is 9.59 Å². The third kappa shape index (κ3) is 4.48. The van der Waals surface area contributed by atoms with Gasteiger partial charge in [0.15, 0.2) is 5.65 Å². The van der Waals surface area contributed by atoms with Gasteiger partial charge >= 0.3 is 0 Å². The number of carbonyl (C=O) groups excluding carboxylic acids is 2.